The van der Waals surface area contributed by atoms with Crippen molar-refractivity contribution in [3.63, 3.8) is 0 Å². The van der Waals surface area contributed by atoms with Crippen LogP contribution in [0, 0.1) is 0 Å². The van der Waals surface area contributed by atoms with Crippen molar-refractivity contribution in [1.29, 1.82) is 0 Å². The molecule has 0 spiro atoms. The van der Waals surface area contributed by atoms with E-state index in [1.54, 1.807) is 12.1 Å². The third kappa shape index (κ3) is 4.32. The lowest BCUT2D eigenvalue weighted by Gasteiger charge is -2.35. The molecular weight excluding hydrogens is 344 g/mol. The molecule has 0 aliphatic carbocycles. The second kappa shape index (κ2) is 8.83. The van der Waals surface area contributed by atoms with Crippen LogP contribution in [-0.2, 0) is 0 Å². The summed E-state index contributed by atoms with van der Waals surface area (Å²) in [4.78, 5) is 15.1. The molecule has 0 radical (unpaired) electrons. The van der Waals surface area contributed by atoms with Crippen molar-refractivity contribution in [2.75, 3.05) is 26.9 Å². The highest BCUT2D eigenvalue weighted by atomic mass is 16.5. The van der Waals surface area contributed by atoms with Crippen LogP contribution in [0.3, 0.4) is 0 Å². The van der Waals surface area contributed by atoms with Gasteiger partial charge in [-0.2, -0.15) is 0 Å². The lowest BCUT2D eigenvalue weighted by molar-refractivity contribution is 0.0680. The zero-order valence-electron chi connectivity index (χ0n) is 16.9. The molecule has 3 rings (SSSR count). The summed E-state index contributed by atoms with van der Waals surface area (Å²) in [6.45, 7) is 7.26. The number of amides is 1. The Morgan fingerprint density at radius 3 is 2.00 bits per heavy atom. The quantitative estimate of drug-likeness (QED) is 0.755. The Hall–Kier alpha value is -1.95. The van der Waals surface area contributed by atoms with Crippen LogP contribution in [0.25, 0.3) is 0 Å². The van der Waals surface area contributed by atoms with E-state index in [-0.39, 0.29) is 11.9 Å². The van der Waals surface area contributed by atoms with E-state index >= 15 is 0 Å². The third-order valence-electron chi connectivity index (χ3n) is 5.47. The normalized spacial score (nSPS) is 23.8. The van der Waals surface area contributed by atoms with Crippen LogP contribution in [-0.4, -0.2) is 55.8 Å². The minimum atomic E-state index is 0.00579. The minimum absolute atomic E-state index is 0.00579. The Kier molecular flexibility index (Phi) is 6.47. The first kappa shape index (κ1) is 19.8. The number of carbonyl (C=O) groups is 1. The van der Waals surface area contributed by atoms with Crippen molar-refractivity contribution in [1.82, 2.24) is 10.2 Å². The molecular formula is C21H32N2O4. The van der Waals surface area contributed by atoms with E-state index in [1.165, 1.54) is 12.8 Å². The van der Waals surface area contributed by atoms with Crippen molar-refractivity contribution >= 4 is 5.91 Å². The van der Waals surface area contributed by atoms with Gasteiger partial charge < -0.3 is 24.4 Å². The first-order valence-electron chi connectivity index (χ1n) is 10.2. The van der Waals surface area contributed by atoms with Crippen molar-refractivity contribution in [2.24, 2.45) is 0 Å². The molecule has 2 saturated heterocycles. The van der Waals surface area contributed by atoms with Gasteiger partial charge in [-0.05, 0) is 58.6 Å². The number of piperidine rings is 1. The van der Waals surface area contributed by atoms with Gasteiger partial charge in [-0.25, -0.2) is 0 Å². The topological polar surface area (TPSA) is 60.0 Å². The number of nitrogens with one attached hydrogen (secondary N) is 1. The molecule has 0 aromatic heterocycles. The fourth-order valence-electron chi connectivity index (χ4n) is 4.23. The SMILES string of the molecule is CCOc1cc(C(=O)N(C)C2CC3CCC(C2)N3)cc(OCC)c1OCC. The van der Waals surface area contributed by atoms with E-state index in [0.29, 0.717) is 54.7 Å². The Morgan fingerprint density at radius 1 is 1.00 bits per heavy atom. The number of hydrogen-bond acceptors (Lipinski definition) is 5. The van der Waals surface area contributed by atoms with Crippen molar-refractivity contribution in [2.45, 2.75) is 64.6 Å². The molecule has 2 atom stereocenters. The number of carbonyl (C=O) groups excluding carboxylic acids is 1. The van der Waals surface area contributed by atoms with Gasteiger partial charge in [0.15, 0.2) is 11.5 Å². The van der Waals surface area contributed by atoms with Crippen molar-refractivity contribution in [3.8, 4) is 17.2 Å². The van der Waals surface area contributed by atoms with Crippen LogP contribution in [0.15, 0.2) is 12.1 Å². The number of fused-ring (bicyclic) bond motifs is 2. The molecule has 2 heterocycles. The second-order valence-corrected chi connectivity index (χ2v) is 7.28. The van der Waals surface area contributed by atoms with Gasteiger partial charge in [-0.15, -0.1) is 0 Å². The molecule has 2 unspecified atom stereocenters. The maximum atomic E-state index is 13.2. The Balaban J connectivity index is 1.86. The maximum absolute atomic E-state index is 13.2. The summed E-state index contributed by atoms with van der Waals surface area (Å²) in [5.41, 5.74) is 0.582. The van der Waals surface area contributed by atoms with E-state index in [9.17, 15) is 4.79 Å². The predicted octanol–water partition coefficient (Wildman–Crippen LogP) is 3.24. The van der Waals surface area contributed by atoms with Crippen LogP contribution in [0.1, 0.15) is 56.8 Å². The van der Waals surface area contributed by atoms with Crippen LogP contribution in [0.2, 0.25) is 0 Å². The molecule has 6 nitrogen and oxygen atoms in total. The summed E-state index contributed by atoms with van der Waals surface area (Å²) in [6, 6.07) is 4.93. The Labute approximate surface area is 162 Å². The fourth-order valence-corrected chi connectivity index (χ4v) is 4.23. The standard InChI is InChI=1S/C21H32N2O4/c1-5-25-18-10-14(11-19(26-6-2)20(18)27-7-3)21(24)23(4)17-12-15-8-9-16(13-17)22-15/h10-11,15-17,22H,5-9,12-13H2,1-4H3. The van der Waals surface area contributed by atoms with E-state index in [0.717, 1.165) is 12.8 Å². The molecule has 150 valence electrons. The molecule has 1 aromatic rings. The second-order valence-electron chi connectivity index (χ2n) is 7.28. The Bertz CT molecular complexity index is 625. The molecule has 27 heavy (non-hydrogen) atoms. The largest absolute Gasteiger partial charge is 0.490 e. The van der Waals surface area contributed by atoms with Gasteiger partial charge in [-0.1, -0.05) is 0 Å². The molecule has 1 amide bonds. The van der Waals surface area contributed by atoms with E-state index in [2.05, 4.69) is 5.32 Å². The first-order valence-corrected chi connectivity index (χ1v) is 10.2. The minimum Gasteiger partial charge on any atom is -0.490 e. The zero-order chi connectivity index (χ0) is 19.4. The lowest BCUT2D eigenvalue weighted by atomic mass is 9.98. The molecule has 2 bridgehead atoms. The summed E-state index contributed by atoms with van der Waals surface area (Å²) in [5.74, 6) is 1.70. The summed E-state index contributed by atoms with van der Waals surface area (Å²) in [6.07, 6.45) is 4.48. The fraction of sp³-hybridized carbons (Fsp3) is 0.667. The number of hydrogen-bond donors (Lipinski definition) is 1. The first-order chi connectivity index (χ1) is 13.1. The summed E-state index contributed by atoms with van der Waals surface area (Å²) in [5, 5.41) is 3.63. The van der Waals surface area contributed by atoms with Gasteiger partial charge >= 0.3 is 0 Å². The monoisotopic (exact) mass is 376 g/mol. The van der Waals surface area contributed by atoms with Gasteiger partial charge in [0.05, 0.1) is 19.8 Å². The molecule has 1 aromatic carbocycles. The third-order valence-corrected chi connectivity index (χ3v) is 5.47. The van der Waals surface area contributed by atoms with E-state index in [4.69, 9.17) is 14.2 Å². The molecule has 2 aliphatic rings. The van der Waals surface area contributed by atoms with Crippen LogP contribution in [0.5, 0.6) is 17.2 Å². The van der Waals surface area contributed by atoms with Gasteiger partial charge in [0.2, 0.25) is 5.75 Å². The highest BCUT2D eigenvalue weighted by molar-refractivity contribution is 5.95. The van der Waals surface area contributed by atoms with Gasteiger partial charge in [-0.3, -0.25) is 4.79 Å². The smallest absolute Gasteiger partial charge is 0.254 e. The number of benzene rings is 1. The van der Waals surface area contributed by atoms with Crippen LogP contribution < -0.4 is 19.5 Å². The Morgan fingerprint density at radius 2 is 1.52 bits per heavy atom. The number of nitrogens with zero attached hydrogens (tertiary/aromatic N) is 1. The highest BCUT2D eigenvalue weighted by Gasteiger charge is 2.36. The molecule has 0 saturated carbocycles. The molecule has 2 aliphatic heterocycles. The molecule has 2 fully saturated rings. The summed E-state index contributed by atoms with van der Waals surface area (Å²) < 4.78 is 17.2. The lowest BCUT2D eigenvalue weighted by Crippen LogP contribution is -2.48. The maximum Gasteiger partial charge on any atom is 0.254 e. The van der Waals surface area contributed by atoms with E-state index in [1.807, 2.05) is 32.7 Å². The number of rotatable bonds is 8. The average molecular weight is 376 g/mol. The average Bonchev–Trinajstić information content (AvgIpc) is 3.01. The predicted molar refractivity (Wildman–Crippen MR) is 105 cm³/mol. The molecule has 6 heteroatoms. The van der Waals surface area contributed by atoms with E-state index < -0.39 is 0 Å². The number of ether oxygens (including phenoxy) is 3. The van der Waals surface area contributed by atoms with Gasteiger partial charge in [0.1, 0.15) is 0 Å². The van der Waals surface area contributed by atoms with Crippen LogP contribution >= 0.6 is 0 Å². The van der Waals surface area contributed by atoms with Gasteiger partial charge in [0, 0.05) is 30.7 Å². The van der Waals surface area contributed by atoms with Crippen molar-refractivity contribution in [3.05, 3.63) is 17.7 Å². The summed E-state index contributed by atoms with van der Waals surface area (Å²) in [7, 11) is 1.91. The summed E-state index contributed by atoms with van der Waals surface area (Å²) >= 11 is 0. The zero-order valence-corrected chi connectivity index (χ0v) is 16.9. The highest BCUT2D eigenvalue weighted by Crippen LogP contribution is 2.40. The molecule has 1 N–H and O–H groups in total. The van der Waals surface area contributed by atoms with Crippen molar-refractivity contribution < 1.29 is 19.0 Å². The van der Waals surface area contributed by atoms with Gasteiger partial charge in [0.25, 0.3) is 5.91 Å². The van der Waals surface area contributed by atoms with Crippen LogP contribution in [0.4, 0.5) is 0 Å².